The molecule has 1 atom stereocenters. The van der Waals surface area contributed by atoms with Crippen LogP contribution in [0.2, 0.25) is 0 Å². The number of benzene rings is 2. The van der Waals surface area contributed by atoms with Crippen LogP contribution < -0.4 is 4.74 Å². The van der Waals surface area contributed by atoms with Crippen molar-refractivity contribution in [3.8, 4) is 5.75 Å². The van der Waals surface area contributed by atoms with E-state index >= 15 is 0 Å². The van der Waals surface area contributed by atoms with Crippen molar-refractivity contribution in [3.05, 3.63) is 88.6 Å². The van der Waals surface area contributed by atoms with E-state index in [1.807, 2.05) is 48.5 Å². The summed E-state index contributed by atoms with van der Waals surface area (Å²) in [6.45, 7) is 2.50. The summed E-state index contributed by atoms with van der Waals surface area (Å²) in [6, 6.07) is 24.2. The van der Waals surface area contributed by atoms with Crippen molar-refractivity contribution in [2.45, 2.75) is 19.2 Å². The molecule has 0 aliphatic carbocycles. The van der Waals surface area contributed by atoms with E-state index in [2.05, 4.69) is 34.5 Å². The Morgan fingerprint density at radius 2 is 1.60 bits per heavy atom. The van der Waals surface area contributed by atoms with Gasteiger partial charge in [-0.2, -0.15) is 0 Å². The smallest absolute Gasteiger partial charge is 0.119 e. The summed E-state index contributed by atoms with van der Waals surface area (Å²) in [5.41, 5.74) is 1.25. The van der Waals surface area contributed by atoms with Gasteiger partial charge in [0.1, 0.15) is 18.5 Å². The molecule has 1 N–H and O–H groups in total. The second kappa shape index (κ2) is 9.37. The number of para-hydroxylation sites is 1. The first-order valence-electron chi connectivity index (χ1n) is 8.44. The minimum absolute atomic E-state index is 0.291. The SMILES string of the molecule is O[C@H](COc1ccccc1)CN(Cc1ccccc1)Cc1cccs1. The van der Waals surface area contributed by atoms with Gasteiger partial charge in [0.15, 0.2) is 0 Å². The van der Waals surface area contributed by atoms with Crippen LogP contribution in [0.3, 0.4) is 0 Å². The monoisotopic (exact) mass is 353 g/mol. The zero-order valence-corrected chi connectivity index (χ0v) is 14.9. The molecule has 0 bridgehead atoms. The molecule has 0 saturated carbocycles. The standard InChI is InChI=1S/C21H23NO2S/c23-19(17-24-20-10-5-2-6-11-20)15-22(16-21-12-7-13-25-21)14-18-8-3-1-4-9-18/h1-13,19,23H,14-17H2/t19-/m0/s1. The van der Waals surface area contributed by atoms with E-state index < -0.39 is 6.10 Å². The predicted molar refractivity (Wildman–Crippen MR) is 103 cm³/mol. The molecule has 130 valence electrons. The van der Waals surface area contributed by atoms with Crippen LogP contribution in [0.4, 0.5) is 0 Å². The van der Waals surface area contributed by atoms with Gasteiger partial charge in [-0.3, -0.25) is 4.90 Å². The fourth-order valence-corrected chi connectivity index (χ4v) is 3.46. The van der Waals surface area contributed by atoms with E-state index in [-0.39, 0.29) is 0 Å². The van der Waals surface area contributed by atoms with Gasteiger partial charge >= 0.3 is 0 Å². The zero-order valence-electron chi connectivity index (χ0n) is 14.1. The lowest BCUT2D eigenvalue weighted by Crippen LogP contribution is -2.34. The Bertz CT molecular complexity index is 716. The molecule has 4 heteroatoms. The van der Waals surface area contributed by atoms with Gasteiger partial charge in [0, 0.05) is 24.5 Å². The summed E-state index contributed by atoms with van der Waals surface area (Å²) in [6.07, 6.45) is -0.538. The summed E-state index contributed by atoms with van der Waals surface area (Å²) >= 11 is 1.74. The molecule has 3 aromatic rings. The molecule has 2 aromatic carbocycles. The number of ether oxygens (including phenoxy) is 1. The Labute approximate surface area is 153 Å². The van der Waals surface area contributed by atoms with Crippen LogP contribution in [0.25, 0.3) is 0 Å². The first kappa shape index (κ1) is 17.7. The number of hydrogen-bond acceptors (Lipinski definition) is 4. The van der Waals surface area contributed by atoms with Crippen molar-refractivity contribution in [2.24, 2.45) is 0 Å². The van der Waals surface area contributed by atoms with E-state index in [1.54, 1.807) is 11.3 Å². The summed E-state index contributed by atoms with van der Waals surface area (Å²) < 4.78 is 5.68. The molecule has 0 spiro atoms. The zero-order chi connectivity index (χ0) is 17.3. The van der Waals surface area contributed by atoms with Gasteiger partial charge in [0.25, 0.3) is 0 Å². The Morgan fingerprint density at radius 3 is 2.28 bits per heavy atom. The molecule has 3 nitrogen and oxygen atoms in total. The summed E-state index contributed by atoms with van der Waals surface area (Å²) in [5.74, 6) is 0.786. The summed E-state index contributed by atoms with van der Waals surface area (Å²) in [7, 11) is 0. The van der Waals surface area contributed by atoms with Crippen molar-refractivity contribution < 1.29 is 9.84 Å². The second-order valence-electron chi connectivity index (χ2n) is 6.01. The van der Waals surface area contributed by atoms with Crippen LogP contribution in [0, 0.1) is 0 Å². The van der Waals surface area contributed by atoms with Gasteiger partial charge in [0.2, 0.25) is 0 Å². The molecular formula is C21H23NO2S. The Kier molecular flexibility index (Phi) is 6.63. The molecule has 0 aliphatic rings. The predicted octanol–water partition coefficient (Wildman–Crippen LogP) is 4.19. The van der Waals surface area contributed by atoms with Crippen LogP contribution in [0.5, 0.6) is 5.75 Å². The van der Waals surface area contributed by atoms with Crippen molar-refractivity contribution in [1.82, 2.24) is 4.90 Å². The number of hydrogen-bond donors (Lipinski definition) is 1. The quantitative estimate of drug-likeness (QED) is 0.626. The fraction of sp³-hybridized carbons (Fsp3) is 0.238. The van der Waals surface area contributed by atoms with E-state index in [1.165, 1.54) is 10.4 Å². The minimum atomic E-state index is -0.538. The molecule has 0 amide bonds. The topological polar surface area (TPSA) is 32.7 Å². The van der Waals surface area contributed by atoms with Crippen molar-refractivity contribution in [2.75, 3.05) is 13.2 Å². The van der Waals surface area contributed by atoms with Crippen molar-refractivity contribution in [3.63, 3.8) is 0 Å². The molecular weight excluding hydrogens is 330 g/mol. The van der Waals surface area contributed by atoms with Gasteiger partial charge in [-0.1, -0.05) is 54.6 Å². The number of thiophene rings is 1. The van der Waals surface area contributed by atoms with Crippen LogP contribution in [-0.2, 0) is 13.1 Å². The largest absolute Gasteiger partial charge is 0.491 e. The highest BCUT2D eigenvalue weighted by Gasteiger charge is 2.14. The second-order valence-corrected chi connectivity index (χ2v) is 7.04. The molecule has 25 heavy (non-hydrogen) atoms. The molecule has 0 unspecified atom stereocenters. The molecule has 1 aromatic heterocycles. The summed E-state index contributed by atoms with van der Waals surface area (Å²) in [4.78, 5) is 3.56. The minimum Gasteiger partial charge on any atom is -0.491 e. The first-order valence-corrected chi connectivity index (χ1v) is 9.32. The molecule has 0 fully saturated rings. The van der Waals surface area contributed by atoms with Gasteiger partial charge in [0.05, 0.1) is 0 Å². The molecule has 3 rings (SSSR count). The van der Waals surface area contributed by atoms with Crippen LogP contribution in [0.15, 0.2) is 78.2 Å². The molecule has 0 aliphatic heterocycles. The van der Waals surface area contributed by atoms with E-state index in [0.717, 1.165) is 18.8 Å². The lowest BCUT2D eigenvalue weighted by molar-refractivity contribution is 0.0632. The Hall–Kier alpha value is -2.14. The molecule has 0 saturated heterocycles. The van der Waals surface area contributed by atoms with Crippen LogP contribution >= 0.6 is 11.3 Å². The highest BCUT2D eigenvalue weighted by Crippen LogP contribution is 2.15. The average molecular weight is 353 g/mol. The highest BCUT2D eigenvalue weighted by molar-refractivity contribution is 7.09. The van der Waals surface area contributed by atoms with Crippen molar-refractivity contribution >= 4 is 11.3 Å². The van der Waals surface area contributed by atoms with Gasteiger partial charge in [-0.05, 0) is 29.1 Å². The fourth-order valence-electron chi connectivity index (χ4n) is 2.71. The van der Waals surface area contributed by atoms with Gasteiger partial charge < -0.3 is 9.84 Å². The normalized spacial score (nSPS) is 12.2. The lowest BCUT2D eigenvalue weighted by Gasteiger charge is -2.25. The average Bonchev–Trinajstić information content (AvgIpc) is 3.15. The highest BCUT2D eigenvalue weighted by atomic mass is 32.1. The maximum Gasteiger partial charge on any atom is 0.119 e. The number of nitrogens with zero attached hydrogens (tertiary/aromatic N) is 1. The van der Waals surface area contributed by atoms with E-state index in [4.69, 9.17) is 4.74 Å². The van der Waals surface area contributed by atoms with E-state index in [9.17, 15) is 5.11 Å². The van der Waals surface area contributed by atoms with Gasteiger partial charge in [-0.15, -0.1) is 11.3 Å². The number of rotatable bonds is 9. The van der Waals surface area contributed by atoms with Crippen LogP contribution in [-0.4, -0.2) is 29.3 Å². The van der Waals surface area contributed by atoms with Crippen LogP contribution in [0.1, 0.15) is 10.4 Å². The molecule has 0 radical (unpaired) electrons. The van der Waals surface area contributed by atoms with E-state index in [0.29, 0.717) is 13.2 Å². The number of aliphatic hydroxyl groups is 1. The lowest BCUT2D eigenvalue weighted by atomic mass is 10.2. The molecule has 1 heterocycles. The Morgan fingerprint density at radius 1 is 0.880 bits per heavy atom. The third kappa shape index (κ3) is 6.02. The van der Waals surface area contributed by atoms with Crippen molar-refractivity contribution in [1.29, 1.82) is 0 Å². The Balaban J connectivity index is 1.58. The van der Waals surface area contributed by atoms with Gasteiger partial charge in [-0.25, -0.2) is 0 Å². The first-order chi connectivity index (χ1) is 12.3. The third-order valence-electron chi connectivity index (χ3n) is 3.86. The maximum atomic E-state index is 10.4. The maximum absolute atomic E-state index is 10.4. The number of aliphatic hydroxyl groups excluding tert-OH is 1. The summed E-state index contributed by atoms with van der Waals surface area (Å²) in [5, 5.41) is 12.5. The third-order valence-corrected chi connectivity index (χ3v) is 4.72.